The molecule has 0 aromatic carbocycles. The van der Waals surface area contributed by atoms with E-state index in [4.69, 9.17) is 10.8 Å². The fourth-order valence-corrected chi connectivity index (χ4v) is 3.23. The van der Waals surface area contributed by atoms with Crippen molar-refractivity contribution in [2.45, 2.75) is 70.0 Å². The largest absolute Gasteiger partial charge is 0.481 e. The normalized spacial score (nSPS) is 14.6. The van der Waals surface area contributed by atoms with Crippen LogP contribution in [-0.2, 0) is 4.79 Å². The number of nitrogens with two attached hydrogens (primary N) is 1. The van der Waals surface area contributed by atoms with Gasteiger partial charge in [0.2, 0.25) is 0 Å². The molecule has 0 bridgehead atoms. The Morgan fingerprint density at radius 1 is 1.13 bits per heavy atom. The molecule has 0 aromatic rings. The second-order valence-corrected chi connectivity index (χ2v) is 7.42. The van der Waals surface area contributed by atoms with Gasteiger partial charge in [0, 0.05) is 5.25 Å². The van der Waals surface area contributed by atoms with Crippen LogP contribution in [0.2, 0.25) is 0 Å². The fraction of sp³-hybridized carbons (Fsp3) is 0.722. The smallest absolute Gasteiger partial charge is 0.310 e. The minimum Gasteiger partial charge on any atom is -0.481 e. The molecule has 3 nitrogen and oxygen atoms in total. The SMILES string of the molecule is CC(/C=C/CC(CCCC/C=C/CCCCCN)SS)C(=O)O. The molecule has 0 spiro atoms. The van der Waals surface area contributed by atoms with Gasteiger partial charge >= 0.3 is 5.97 Å². The first-order valence-electron chi connectivity index (χ1n) is 8.66. The van der Waals surface area contributed by atoms with Gasteiger partial charge in [-0.05, 0) is 58.4 Å². The molecule has 0 amide bonds. The van der Waals surface area contributed by atoms with E-state index in [0.717, 1.165) is 32.2 Å². The highest BCUT2D eigenvalue weighted by Gasteiger charge is 2.08. The number of hydrogen-bond acceptors (Lipinski definition) is 4. The van der Waals surface area contributed by atoms with Crippen molar-refractivity contribution in [3.05, 3.63) is 24.3 Å². The number of carboxylic acids is 1. The topological polar surface area (TPSA) is 63.3 Å². The second kappa shape index (κ2) is 16.5. The van der Waals surface area contributed by atoms with Gasteiger partial charge in [0.1, 0.15) is 0 Å². The summed E-state index contributed by atoms with van der Waals surface area (Å²) in [5.41, 5.74) is 5.46. The Morgan fingerprint density at radius 3 is 2.35 bits per heavy atom. The minimum absolute atomic E-state index is 0.407. The van der Waals surface area contributed by atoms with E-state index in [1.807, 2.05) is 6.08 Å². The Bertz CT molecular complexity index is 346. The van der Waals surface area contributed by atoms with E-state index in [-0.39, 0.29) is 0 Å². The molecule has 23 heavy (non-hydrogen) atoms. The summed E-state index contributed by atoms with van der Waals surface area (Å²) in [5.74, 6) is -1.18. The van der Waals surface area contributed by atoms with Gasteiger partial charge in [0.25, 0.3) is 0 Å². The summed E-state index contributed by atoms with van der Waals surface area (Å²) < 4.78 is 0. The quantitative estimate of drug-likeness (QED) is 0.162. The highest BCUT2D eigenvalue weighted by molar-refractivity contribution is 8.68. The van der Waals surface area contributed by atoms with Crippen LogP contribution in [0, 0.1) is 5.92 Å². The van der Waals surface area contributed by atoms with E-state index in [2.05, 4.69) is 23.8 Å². The third kappa shape index (κ3) is 14.9. The number of unbranched alkanes of at least 4 members (excludes halogenated alkanes) is 5. The van der Waals surface area contributed by atoms with Gasteiger partial charge in [-0.15, -0.1) is 11.7 Å². The molecule has 0 heterocycles. The van der Waals surface area contributed by atoms with Crippen molar-refractivity contribution in [1.82, 2.24) is 0 Å². The molecule has 0 saturated heterocycles. The van der Waals surface area contributed by atoms with Crippen molar-refractivity contribution in [1.29, 1.82) is 0 Å². The van der Waals surface area contributed by atoms with Crippen LogP contribution in [0.25, 0.3) is 0 Å². The molecule has 0 rings (SSSR count). The summed E-state index contributed by atoms with van der Waals surface area (Å²) in [7, 11) is 1.58. The number of rotatable bonds is 15. The molecule has 0 aromatic heterocycles. The number of thiol groups is 1. The molecule has 5 heteroatoms. The zero-order valence-electron chi connectivity index (χ0n) is 14.3. The Labute approximate surface area is 151 Å². The van der Waals surface area contributed by atoms with Crippen molar-refractivity contribution >= 4 is 28.4 Å². The van der Waals surface area contributed by atoms with Crippen LogP contribution >= 0.6 is 22.5 Å². The summed E-state index contributed by atoms with van der Waals surface area (Å²) in [6.07, 6.45) is 18.7. The molecule has 0 aliphatic carbocycles. The van der Waals surface area contributed by atoms with Crippen LogP contribution in [0.3, 0.4) is 0 Å². The van der Waals surface area contributed by atoms with Crippen molar-refractivity contribution in [3.63, 3.8) is 0 Å². The van der Waals surface area contributed by atoms with Gasteiger partial charge < -0.3 is 10.8 Å². The first-order valence-corrected chi connectivity index (χ1v) is 10.6. The average Bonchev–Trinajstić information content (AvgIpc) is 2.54. The fourth-order valence-electron chi connectivity index (χ4n) is 2.18. The molecule has 0 saturated carbocycles. The summed E-state index contributed by atoms with van der Waals surface area (Å²) in [4.78, 5) is 10.7. The van der Waals surface area contributed by atoms with Gasteiger partial charge in [0.05, 0.1) is 5.92 Å². The van der Waals surface area contributed by atoms with Crippen LogP contribution in [0.15, 0.2) is 24.3 Å². The molecule has 0 fully saturated rings. The van der Waals surface area contributed by atoms with E-state index >= 15 is 0 Å². The zero-order valence-corrected chi connectivity index (χ0v) is 16.0. The predicted molar refractivity (Wildman–Crippen MR) is 106 cm³/mol. The van der Waals surface area contributed by atoms with Crippen molar-refractivity contribution in [2.24, 2.45) is 11.7 Å². The maximum atomic E-state index is 10.7. The maximum absolute atomic E-state index is 10.7. The molecule has 134 valence electrons. The van der Waals surface area contributed by atoms with Crippen molar-refractivity contribution in [3.8, 4) is 0 Å². The van der Waals surface area contributed by atoms with Gasteiger partial charge in [-0.3, -0.25) is 4.79 Å². The summed E-state index contributed by atoms with van der Waals surface area (Å²) in [6.45, 7) is 2.50. The van der Waals surface area contributed by atoms with E-state index in [1.165, 1.54) is 32.1 Å². The Morgan fingerprint density at radius 2 is 1.78 bits per heavy atom. The lowest BCUT2D eigenvalue weighted by Gasteiger charge is -2.10. The van der Waals surface area contributed by atoms with Crippen molar-refractivity contribution < 1.29 is 9.90 Å². The summed E-state index contributed by atoms with van der Waals surface area (Å²) in [6, 6.07) is 0. The Kier molecular flexibility index (Phi) is 16.2. The average molecular weight is 360 g/mol. The number of hydrogen-bond donors (Lipinski definition) is 3. The maximum Gasteiger partial charge on any atom is 0.310 e. The van der Waals surface area contributed by atoms with Gasteiger partial charge in [-0.2, -0.15) is 0 Å². The number of aliphatic carboxylic acids is 1. The third-order valence-electron chi connectivity index (χ3n) is 3.75. The standard InChI is InChI=1S/C18H33NO2S2/c1-16(18(20)21)12-11-14-17(23-22)13-9-7-5-3-2-4-6-8-10-15-19/h2-3,11-12,16-17,22H,4-10,13-15,19H2,1H3,(H,20,21)/b3-2+,12-11+. The second-order valence-electron chi connectivity index (χ2n) is 5.91. The third-order valence-corrected chi connectivity index (χ3v) is 5.37. The van der Waals surface area contributed by atoms with Crippen molar-refractivity contribution in [2.75, 3.05) is 6.54 Å². The number of carboxylic acid groups (broad SMARTS) is 1. The molecule has 0 aliphatic rings. The summed E-state index contributed by atoms with van der Waals surface area (Å²) >= 11 is 4.32. The van der Waals surface area contributed by atoms with Gasteiger partial charge in [-0.25, -0.2) is 0 Å². The number of allylic oxidation sites excluding steroid dienone is 3. The zero-order chi connectivity index (χ0) is 17.3. The van der Waals surface area contributed by atoms with Crippen LogP contribution in [-0.4, -0.2) is 22.9 Å². The lowest BCUT2D eigenvalue weighted by molar-refractivity contribution is -0.139. The van der Waals surface area contributed by atoms with Crippen LogP contribution in [0.1, 0.15) is 64.7 Å². The molecule has 0 radical (unpaired) electrons. The highest BCUT2D eigenvalue weighted by atomic mass is 33.1. The Balaban J connectivity index is 3.64. The van der Waals surface area contributed by atoms with Crippen LogP contribution < -0.4 is 5.73 Å². The molecule has 0 aliphatic heterocycles. The van der Waals surface area contributed by atoms with Gasteiger partial charge in [0.15, 0.2) is 0 Å². The lowest BCUT2D eigenvalue weighted by atomic mass is 10.1. The van der Waals surface area contributed by atoms with E-state index in [0.29, 0.717) is 5.25 Å². The van der Waals surface area contributed by atoms with E-state index < -0.39 is 11.9 Å². The minimum atomic E-state index is -0.772. The predicted octanol–water partition coefficient (Wildman–Crippen LogP) is 5.24. The molecular weight excluding hydrogens is 326 g/mol. The molecule has 2 unspecified atom stereocenters. The first-order chi connectivity index (χ1) is 11.1. The Hall–Kier alpha value is -0.390. The highest BCUT2D eigenvalue weighted by Crippen LogP contribution is 2.24. The van der Waals surface area contributed by atoms with E-state index in [9.17, 15) is 4.79 Å². The van der Waals surface area contributed by atoms with Crippen LogP contribution in [0.5, 0.6) is 0 Å². The molecule has 2 atom stereocenters. The first kappa shape index (κ1) is 22.6. The monoisotopic (exact) mass is 359 g/mol. The van der Waals surface area contributed by atoms with Gasteiger partial charge in [-0.1, -0.05) is 47.9 Å². The molecule has 3 N–H and O–H groups in total. The van der Waals surface area contributed by atoms with Crippen LogP contribution in [0.4, 0.5) is 0 Å². The van der Waals surface area contributed by atoms with E-state index in [1.54, 1.807) is 23.8 Å². The summed E-state index contributed by atoms with van der Waals surface area (Å²) in [5, 5.41) is 9.29. The lowest BCUT2D eigenvalue weighted by Crippen LogP contribution is -2.06. The number of carbonyl (C=O) groups is 1. The molecular formula is C18H33NO2S2.